The van der Waals surface area contributed by atoms with E-state index in [4.69, 9.17) is 0 Å². The zero-order valence-electron chi connectivity index (χ0n) is 11.2. The fourth-order valence-corrected chi connectivity index (χ4v) is 2.39. The lowest BCUT2D eigenvalue weighted by Gasteiger charge is -2.13. The van der Waals surface area contributed by atoms with Gasteiger partial charge in [-0.15, -0.1) is 11.8 Å². The number of nitrogens with zero attached hydrogens (tertiary/aromatic N) is 1. The zero-order chi connectivity index (χ0) is 14.5. The van der Waals surface area contributed by atoms with Crippen LogP contribution in [0.3, 0.4) is 0 Å². The third-order valence-electron chi connectivity index (χ3n) is 3.09. The van der Waals surface area contributed by atoms with Crippen LogP contribution in [0.15, 0.2) is 29.2 Å². The Labute approximate surface area is 121 Å². The van der Waals surface area contributed by atoms with E-state index < -0.39 is 0 Å². The van der Waals surface area contributed by atoms with Gasteiger partial charge < -0.3 is 5.32 Å². The predicted octanol–water partition coefficient (Wildman–Crippen LogP) is 1.89. The SMILES string of the molecule is CSc1ccc(NC(=O)CCN2C(=O)CCC2=O)cc1. The Balaban J connectivity index is 1.83. The molecule has 1 aromatic rings. The summed E-state index contributed by atoms with van der Waals surface area (Å²) in [6.45, 7) is 0.159. The van der Waals surface area contributed by atoms with E-state index in [0.717, 1.165) is 9.80 Å². The molecule has 1 saturated heterocycles. The first-order valence-corrected chi connectivity index (χ1v) is 7.59. The Kier molecular flexibility index (Phi) is 4.79. The minimum Gasteiger partial charge on any atom is -0.326 e. The summed E-state index contributed by atoms with van der Waals surface area (Å²) in [4.78, 5) is 36.9. The van der Waals surface area contributed by atoms with Gasteiger partial charge in [-0.3, -0.25) is 19.3 Å². The van der Waals surface area contributed by atoms with Crippen LogP contribution < -0.4 is 5.32 Å². The Morgan fingerprint density at radius 1 is 1.20 bits per heavy atom. The number of rotatable bonds is 5. The summed E-state index contributed by atoms with van der Waals surface area (Å²) in [5.41, 5.74) is 0.715. The van der Waals surface area contributed by atoms with Gasteiger partial charge in [0.25, 0.3) is 0 Å². The minimum atomic E-state index is -0.200. The maximum atomic E-state index is 11.8. The van der Waals surface area contributed by atoms with E-state index in [0.29, 0.717) is 5.69 Å². The van der Waals surface area contributed by atoms with E-state index in [1.807, 2.05) is 30.5 Å². The van der Waals surface area contributed by atoms with Gasteiger partial charge in [-0.05, 0) is 30.5 Å². The maximum Gasteiger partial charge on any atom is 0.229 e. The molecular formula is C14H16N2O3S. The van der Waals surface area contributed by atoms with Crippen molar-refractivity contribution in [2.24, 2.45) is 0 Å². The second-order valence-corrected chi connectivity index (χ2v) is 5.35. The Hall–Kier alpha value is -1.82. The second-order valence-electron chi connectivity index (χ2n) is 4.47. The molecule has 1 N–H and O–H groups in total. The number of benzene rings is 1. The first-order valence-electron chi connectivity index (χ1n) is 6.37. The molecule has 1 heterocycles. The van der Waals surface area contributed by atoms with Crippen LogP contribution in [-0.2, 0) is 14.4 Å². The topological polar surface area (TPSA) is 66.5 Å². The molecule has 20 heavy (non-hydrogen) atoms. The van der Waals surface area contributed by atoms with Crippen LogP contribution in [0.25, 0.3) is 0 Å². The summed E-state index contributed by atoms with van der Waals surface area (Å²) in [6.07, 6.45) is 2.63. The van der Waals surface area contributed by atoms with E-state index in [9.17, 15) is 14.4 Å². The van der Waals surface area contributed by atoms with Crippen molar-refractivity contribution in [1.82, 2.24) is 4.90 Å². The Morgan fingerprint density at radius 3 is 2.35 bits per heavy atom. The van der Waals surface area contributed by atoms with E-state index in [-0.39, 0.29) is 43.5 Å². The Morgan fingerprint density at radius 2 is 1.80 bits per heavy atom. The number of hydrogen-bond donors (Lipinski definition) is 1. The highest BCUT2D eigenvalue weighted by Gasteiger charge is 2.28. The molecule has 0 saturated carbocycles. The lowest BCUT2D eigenvalue weighted by molar-refractivity contribution is -0.138. The highest BCUT2D eigenvalue weighted by Crippen LogP contribution is 2.18. The normalized spacial score (nSPS) is 14.8. The maximum absolute atomic E-state index is 11.8. The van der Waals surface area contributed by atoms with E-state index in [1.165, 1.54) is 0 Å². The van der Waals surface area contributed by atoms with Gasteiger partial charge in [0.2, 0.25) is 17.7 Å². The molecule has 106 valence electrons. The van der Waals surface area contributed by atoms with Gasteiger partial charge in [-0.1, -0.05) is 0 Å². The first kappa shape index (κ1) is 14.6. The number of anilines is 1. The van der Waals surface area contributed by atoms with E-state index in [2.05, 4.69) is 5.32 Å². The fourth-order valence-electron chi connectivity index (χ4n) is 1.98. The van der Waals surface area contributed by atoms with Crippen LogP contribution in [-0.4, -0.2) is 35.4 Å². The summed E-state index contributed by atoms with van der Waals surface area (Å²) >= 11 is 1.63. The van der Waals surface area contributed by atoms with Crippen molar-refractivity contribution in [3.8, 4) is 0 Å². The first-order chi connectivity index (χ1) is 9.60. The second kappa shape index (κ2) is 6.56. The minimum absolute atomic E-state index is 0.127. The van der Waals surface area contributed by atoms with E-state index in [1.54, 1.807) is 11.8 Å². The molecule has 2 rings (SSSR count). The molecule has 1 aliphatic rings. The third-order valence-corrected chi connectivity index (χ3v) is 3.83. The lowest BCUT2D eigenvalue weighted by Crippen LogP contribution is -2.32. The molecule has 0 unspecified atom stereocenters. The molecule has 6 heteroatoms. The van der Waals surface area contributed by atoms with Crippen LogP contribution in [0, 0.1) is 0 Å². The molecule has 0 bridgehead atoms. The lowest BCUT2D eigenvalue weighted by atomic mass is 10.3. The van der Waals surface area contributed by atoms with Gasteiger partial charge in [0.1, 0.15) is 0 Å². The highest BCUT2D eigenvalue weighted by atomic mass is 32.2. The Bertz CT molecular complexity index is 512. The summed E-state index contributed by atoms with van der Waals surface area (Å²) in [5.74, 6) is -0.575. The van der Waals surface area contributed by atoms with Crippen LogP contribution in [0.5, 0.6) is 0 Å². The van der Waals surface area contributed by atoms with Gasteiger partial charge in [-0.2, -0.15) is 0 Å². The third kappa shape index (κ3) is 3.60. The number of nitrogens with one attached hydrogen (secondary N) is 1. The van der Waals surface area contributed by atoms with Crippen molar-refractivity contribution < 1.29 is 14.4 Å². The molecule has 5 nitrogen and oxygen atoms in total. The average Bonchev–Trinajstić information content (AvgIpc) is 2.77. The van der Waals surface area contributed by atoms with Gasteiger partial charge in [0.15, 0.2) is 0 Å². The number of likely N-dealkylation sites (tertiary alicyclic amines) is 1. The molecule has 0 aromatic heterocycles. The number of thioether (sulfide) groups is 1. The molecule has 3 amide bonds. The zero-order valence-corrected chi connectivity index (χ0v) is 12.0. The van der Waals surface area contributed by atoms with Crippen molar-refractivity contribution in [3.63, 3.8) is 0 Å². The van der Waals surface area contributed by atoms with Crippen LogP contribution in [0.4, 0.5) is 5.69 Å². The summed E-state index contributed by atoms with van der Waals surface area (Å²) in [7, 11) is 0. The van der Waals surface area contributed by atoms with Crippen molar-refractivity contribution in [2.75, 3.05) is 18.1 Å². The number of carbonyl (C=O) groups is 3. The number of carbonyl (C=O) groups excluding carboxylic acids is 3. The van der Waals surface area contributed by atoms with Crippen LogP contribution >= 0.6 is 11.8 Å². The summed E-state index contributed by atoms with van der Waals surface area (Å²) in [5, 5.41) is 2.75. The standard InChI is InChI=1S/C14H16N2O3S/c1-20-11-4-2-10(3-5-11)15-12(17)8-9-16-13(18)6-7-14(16)19/h2-5H,6-9H2,1H3,(H,15,17). The van der Waals surface area contributed by atoms with Gasteiger partial charge in [0.05, 0.1) is 0 Å². The van der Waals surface area contributed by atoms with Crippen molar-refractivity contribution in [2.45, 2.75) is 24.2 Å². The quantitative estimate of drug-likeness (QED) is 0.665. The fraction of sp³-hybridized carbons (Fsp3) is 0.357. The summed E-state index contributed by atoms with van der Waals surface area (Å²) in [6, 6.07) is 7.51. The van der Waals surface area contributed by atoms with Crippen molar-refractivity contribution in [1.29, 1.82) is 0 Å². The van der Waals surface area contributed by atoms with Crippen LogP contribution in [0.2, 0.25) is 0 Å². The largest absolute Gasteiger partial charge is 0.326 e. The van der Waals surface area contributed by atoms with Crippen molar-refractivity contribution in [3.05, 3.63) is 24.3 Å². The average molecular weight is 292 g/mol. The molecule has 0 radical (unpaired) electrons. The predicted molar refractivity (Wildman–Crippen MR) is 77.4 cm³/mol. The monoisotopic (exact) mass is 292 g/mol. The molecule has 0 spiro atoms. The number of hydrogen-bond acceptors (Lipinski definition) is 4. The van der Waals surface area contributed by atoms with Gasteiger partial charge in [-0.25, -0.2) is 0 Å². The van der Waals surface area contributed by atoms with Gasteiger partial charge in [0, 0.05) is 36.4 Å². The molecule has 1 aliphatic heterocycles. The molecule has 1 fully saturated rings. The smallest absolute Gasteiger partial charge is 0.229 e. The number of amides is 3. The molecule has 0 atom stereocenters. The van der Waals surface area contributed by atoms with Gasteiger partial charge >= 0.3 is 0 Å². The molecule has 0 aliphatic carbocycles. The summed E-state index contributed by atoms with van der Waals surface area (Å²) < 4.78 is 0. The molecular weight excluding hydrogens is 276 g/mol. The molecule has 1 aromatic carbocycles. The van der Waals surface area contributed by atoms with E-state index >= 15 is 0 Å². The van der Waals surface area contributed by atoms with Crippen molar-refractivity contribution >= 4 is 35.2 Å². The number of imide groups is 1. The van der Waals surface area contributed by atoms with Crippen LogP contribution in [0.1, 0.15) is 19.3 Å². The highest BCUT2D eigenvalue weighted by molar-refractivity contribution is 7.98.